The molecule has 1 rings (SSSR count). The quantitative estimate of drug-likeness (QED) is 0.688. The number of hydrogen-bond acceptors (Lipinski definition) is 6. The molecule has 0 amide bonds. The number of rotatable bonds is 7. The molecule has 0 aliphatic rings. The number of aromatic carboxylic acids is 1. The fourth-order valence-corrected chi connectivity index (χ4v) is 4.84. The second kappa shape index (κ2) is 6.44. The number of carboxylic acid groups (broad SMARTS) is 1. The van der Waals surface area contributed by atoms with Crippen molar-refractivity contribution in [2.45, 2.75) is 24.3 Å². The van der Waals surface area contributed by atoms with Crippen LogP contribution in [0.4, 0.5) is 0 Å². The Morgan fingerprint density at radius 1 is 1.55 bits per heavy atom. The number of hydrogen-bond donors (Lipinski definition) is 3. The highest BCUT2D eigenvalue weighted by Gasteiger charge is 2.26. The summed E-state index contributed by atoms with van der Waals surface area (Å²) in [5.74, 6) is -0.771. The van der Waals surface area contributed by atoms with Crippen LogP contribution in [0, 0.1) is 6.92 Å². The predicted molar refractivity (Wildman–Crippen MR) is 80.2 cm³/mol. The third kappa shape index (κ3) is 4.45. The van der Waals surface area contributed by atoms with Gasteiger partial charge < -0.3 is 10.2 Å². The van der Waals surface area contributed by atoms with Crippen molar-refractivity contribution >= 4 is 39.1 Å². The summed E-state index contributed by atoms with van der Waals surface area (Å²) in [4.78, 5) is 11.2. The van der Waals surface area contributed by atoms with E-state index in [0.717, 1.165) is 17.4 Å². The van der Waals surface area contributed by atoms with Gasteiger partial charge in [-0.15, -0.1) is 11.3 Å². The van der Waals surface area contributed by atoms with E-state index in [0.29, 0.717) is 10.6 Å². The van der Waals surface area contributed by atoms with Crippen molar-refractivity contribution in [3.63, 3.8) is 0 Å². The average molecular weight is 339 g/mol. The summed E-state index contributed by atoms with van der Waals surface area (Å²) < 4.78 is 26.6. The molecule has 3 N–H and O–H groups in total. The number of aliphatic hydroxyl groups is 1. The van der Waals surface area contributed by atoms with E-state index in [1.54, 1.807) is 6.92 Å². The van der Waals surface area contributed by atoms with Gasteiger partial charge in [0, 0.05) is 17.2 Å². The van der Waals surface area contributed by atoms with Crippen LogP contribution < -0.4 is 4.72 Å². The molecule has 1 unspecified atom stereocenters. The van der Waals surface area contributed by atoms with Crippen molar-refractivity contribution in [2.75, 3.05) is 18.6 Å². The Morgan fingerprint density at radius 2 is 2.15 bits per heavy atom. The molecule has 0 radical (unpaired) electrons. The first-order chi connectivity index (χ1) is 9.09. The minimum Gasteiger partial charge on any atom is -0.477 e. The molecule has 0 spiro atoms. The molecule has 0 fully saturated rings. The molecular formula is C11H17NO5S3. The van der Waals surface area contributed by atoms with E-state index >= 15 is 0 Å². The Labute approximate surface area is 126 Å². The first-order valence-electron chi connectivity index (χ1n) is 5.64. The van der Waals surface area contributed by atoms with Gasteiger partial charge in [-0.1, -0.05) is 0 Å². The summed E-state index contributed by atoms with van der Waals surface area (Å²) in [6.07, 6.45) is 1.81. The highest BCUT2D eigenvalue weighted by atomic mass is 32.2. The SMILES string of the molecule is CSCC(C)(O)CNS(=O)(=O)c1cc(C(=O)O)sc1C. The molecule has 1 aromatic heterocycles. The van der Waals surface area contributed by atoms with Crippen LogP contribution in [0.2, 0.25) is 0 Å². The van der Waals surface area contributed by atoms with Crippen LogP contribution in [0.25, 0.3) is 0 Å². The van der Waals surface area contributed by atoms with Crippen molar-refractivity contribution in [3.05, 3.63) is 15.8 Å². The fourth-order valence-electron chi connectivity index (χ4n) is 1.53. The molecule has 0 aromatic carbocycles. The van der Waals surface area contributed by atoms with Gasteiger partial charge in [0.2, 0.25) is 10.0 Å². The molecule has 9 heteroatoms. The predicted octanol–water partition coefficient (Wildman–Crippen LogP) is 1.15. The molecule has 1 heterocycles. The van der Waals surface area contributed by atoms with E-state index < -0.39 is 21.6 Å². The summed E-state index contributed by atoms with van der Waals surface area (Å²) in [5, 5.41) is 18.8. The largest absolute Gasteiger partial charge is 0.477 e. The van der Waals surface area contributed by atoms with Crippen LogP contribution in [-0.4, -0.2) is 48.8 Å². The van der Waals surface area contributed by atoms with E-state index in [1.165, 1.54) is 18.7 Å². The summed E-state index contributed by atoms with van der Waals surface area (Å²) >= 11 is 2.31. The molecule has 6 nitrogen and oxygen atoms in total. The maximum atomic E-state index is 12.1. The monoisotopic (exact) mass is 339 g/mol. The van der Waals surface area contributed by atoms with Gasteiger partial charge in [0.25, 0.3) is 0 Å². The first-order valence-corrected chi connectivity index (χ1v) is 9.33. The van der Waals surface area contributed by atoms with Crippen molar-refractivity contribution in [1.29, 1.82) is 0 Å². The smallest absolute Gasteiger partial charge is 0.345 e. The molecule has 114 valence electrons. The molecule has 0 aliphatic heterocycles. The van der Waals surface area contributed by atoms with Gasteiger partial charge in [-0.2, -0.15) is 11.8 Å². The molecule has 0 saturated heterocycles. The Kier molecular flexibility index (Phi) is 5.61. The highest BCUT2D eigenvalue weighted by Crippen LogP contribution is 2.25. The summed E-state index contributed by atoms with van der Waals surface area (Å²) in [6.45, 7) is 2.95. The number of carbonyl (C=O) groups is 1. The van der Waals surface area contributed by atoms with E-state index in [9.17, 15) is 18.3 Å². The average Bonchev–Trinajstić information content (AvgIpc) is 2.70. The number of thiophene rings is 1. The standard InChI is InChI=1S/C11H17NO5S3/c1-7-9(4-8(19-7)10(13)14)20(16,17)12-5-11(2,15)6-18-3/h4,12,15H,5-6H2,1-3H3,(H,13,14). The van der Waals surface area contributed by atoms with Crippen LogP contribution in [0.3, 0.4) is 0 Å². The fraction of sp³-hybridized carbons (Fsp3) is 0.545. The molecule has 0 saturated carbocycles. The van der Waals surface area contributed by atoms with E-state index in [1.807, 2.05) is 6.26 Å². The van der Waals surface area contributed by atoms with E-state index in [2.05, 4.69) is 4.72 Å². The Balaban J connectivity index is 2.92. The maximum Gasteiger partial charge on any atom is 0.345 e. The Bertz CT molecular complexity index is 591. The van der Waals surface area contributed by atoms with Gasteiger partial charge in [0.15, 0.2) is 0 Å². The van der Waals surface area contributed by atoms with Crippen molar-refractivity contribution in [3.8, 4) is 0 Å². The van der Waals surface area contributed by atoms with Crippen LogP contribution in [0.15, 0.2) is 11.0 Å². The number of nitrogens with one attached hydrogen (secondary N) is 1. The molecule has 1 atom stereocenters. The zero-order valence-electron chi connectivity index (χ0n) is 11.3. The van der Waals surface area contributed by atoms with Crippen molar-refractivity contribution in [2.24, 2.45) is 0 Å². The van der Waals surface area contributed by atoms with Crippen LogP contribution in [0.1, 0.15) is 21.5 Å². The van der Waals surface area contributed by atoms with Gasteiger partial charge in [0.1, 0.15) is 4.88 Å². The lowest BCUT2D eigenvalue weighted by atomic mass is 10.1. The molecule has 1 aromatic rings. The summed E-state index contributed by atoms with van der Waals surface area (Å²) in [6, 6.07) is 1.13. The second-order valence-electron chi connectivity index (χ2n) is 4.59. The molecular weight excluding hydrogens is 322 g/mol. The number of aryl methyl sites for hydroxylation is 1. The van der Waals surface area contributed by atoms with Crippen molar-refractivity contribution < 1.29 is 23.4 Å². The Morgan fingerprint density at radius 3 is 2.60 bits per heavy atom. The zero-order chi connectivity index (χ0) is 15.6. The lowest BCUT2D eigenvalue weighted by molar-refractivity contribution is 0.0701. The first kappa shape index (κ1) is 17.4. The molecule has 0 aliphatic carbocycles. The number of carboxylic acids is 1. The van der Waals surface area contributed by atoms with Gasteiger partial charge in [-0.05, 0) is 26.2 Å². The normalized spacial score (nSPS) is 15.0. The zero-order valence-corrected chi connectivity index (χ0v) is 13.8. The minimum atomic E-state index is -3.83. The highest BCUT2D eigenvalue weighted by molar-refractivity contribution is 7.98. The third-order valence-corrected chi connectivity index (χ3v) is 6.08. The Hall–Kier alpha value is -0.610. The topological polar surface area (TPSA) is 104 Å². The van der Waals surface area contributed by atoms with E-state index in [-0.39, 0.29) is 16.3 Å². The van der Waals surface area contributed by atoms with Gasteiger partial charge in [-0.3, -0.25) is 0 Å². The summed E-state index contributed by atoms with van der Waals surface area (Å²) in [7, 11) is -3.83. The summed E-state index contributed by atoms with van der Waals surface area (Å²) in [5.41, 5.74) is -1.16. The van der Waals surface area contributed by atoms with Gasteiger partial charge in [-0.25, -0.2) is 17.9 Å². The number of thioether (sulfide) groups is 1. The van der Waals surface area contributed by atoms with E-state index in [4.69, 9.17) is 5.11 Å². The van der Waals surface area contributed by atoms with Crippen LogP contribution in [0.5, 0.6) is 0 Å². The molecule has 0 bridgehead atoms. The van der Waals surface area contributed by atoms with Gasteiger partial charge >= 0.3 is 5.97 Å². The van der Waals surface area contributed by atoms with Crippen LogP contribution >= 0.6 is 23.1 Å². The van der Waals surface area contributed by atoms with Crippen LogP contribution in [-0.2, 0) is 10.0 Å². The molecule has 20 heavy (non-hydrogen) atoms. The minimum absolute atomic E-state index is 0.0289. The lowest BCUT2D eigenvalue weighted by Crippen LogP contribution is -2.42. The number of sulfonamides is 1. The second-order valence-corrected chi connectivity index (χ2v) is 8.45. The third-order valence-electron chi connectivity index (χ3n) is 2.47. The van der Waals surface area contributed by atoms with Gasteiger partial charge in [0.05, 0.1) is 10.5 Å². The van der Waals surface area contributed by atoms with Crippen molar-refractivity contribution in [1.82, 2.24) is 4.72 Å². The lowest BCUT2D eigenvalue weighted by Gasteiger charge is -2.22. The maximum absolute atomic E-state index is 12.1.